The molecule has 1 heterocycles. The predicted molar refractivity (Wildman–Crippen MR) is 85.9 cm³/mol. The van der Waals surface area contributed by atoms with Crippen LogP contribution in [0.15, 0.2) is 59.4 Å². The second-order valence-corrected chi connectivity index (χ2v) is 5.96. The van der Waals surface area contributed by atoms with Crippen molar-refractivity contribution in [2.45, 2.75) is 19.3 Å². The number of para-hydroxylation sites is 1. The summed E-state index contributed by atoms with van der Waals surface area (Å²) >= 11 is 0. The molecule has 0 spiro atoms. The van der Waals surface area contributed by atoms with Crippen LogP contribution in [0.4, 0.5) is 4.39 Å². The van der Waals surface area contributed by atoms with E-state index in [0.29, 0.717) is 11.3 Å². The van der Waals surface area contributed by atoms with Crippen molar-refractivity contribution in [2.24, 2.45) is 5.92 Å². The Morgan fingerprint density at radius 1 is 1.05 bits per heavy atom. The first-order valence-corrected chi connectivity index (χ1v) is 7.62. The minimum absolute atomic E-state index is 0.172. The Morgan fingerprint density at radius 2 is 1.82 bits per heavy atom. The molecule has 0 atom stereocenters. The molecular formula is C19H16FNO. The zero-order valence-corrected chi connectivity index (χ0v) is 12.1. The van der Waals surface area contributed by atoms with Gasteiger partial charge in [-0.25, -0.2) is 4.39 Å². The van der Waals surface area contributed by atoms with Gasteiger partial charge in [0.15, 0.2) is 0 Å². The quantitative estimate of drug-likeness (QED) is 0.713. The zero-order valence-electron chi connectivity index (χ0n) is 12.1. The van der Waals surface area contributed by atoms with Crippen LogP contribution in [0.2, 0.25) is 0 Å². The molecule has 0 N–H and O–H groups in total. The van der Waals surface area contributed by atoms with Crippen molar-refractivity contribution in [3.63, 3.8) is 0 Å². The van der Waals surface area contributed by atoms with E-state index < -0.39 is 5.82 Å². The van der Waals surface area contributed by atoms with Crippen LogP contribution in [0.3, 0.4) is 0 Å². The lowest BCUT2D eigenvalue weighted by molar-refractivity contribution is 0.637. The maximum atomic E-state index is 14.1. The molecular weight excluding hydrogens is 277 g/mol. The van der Waals surface area contributed by atoms with Crippen LogP contribution in [0.25, 0.3) is 16.5 Å². The molecule has 1 fully saturated rings. The summed E-state index contributed by atoms with van der Waals surface area (Å²) in [6.45, 7) is 0. The summed E-state index contributed by atoms with van der Waals surface area (Å²) in [5, 5.41) is 0.860. The summed E-state index contributed by atoms with van der Waals surface area (Å²) in [6.07, 6.45) is 3.30. The van der Waals surface area contributed by atoms with Crippen molar-refractivity contribution in [1.29, 1.82) is 0 Å². The Hall–Kier alpha value is -2.42. The third-order valence-corrected chi connectivity index (χ3v) is 4.28. The van der Waals surface area contributed by atoms with Gasteiger partial charge in [-0.15, -0.1) is 0 Å². The van der Waals surface area contributed by atoms with Crippen molar-refractivity contribution < 1.29 is 4.39 Å². The minimum Gasteiger partial charge on any atom is -0.281 e. The fourth-order valence-corrected chi connectivity index (χ4v) is 3.00. The topological polar surface area (TPSA) is 22.0 Å². The van der Waals surface area contributed by atoms with Crippen LogP contribution in [0, 0.1) is 11.7 Å². The Labute approximate surface area is 127 Å². The van der Waals surface area contributed by atoms with Gasteiger partial charge in [-0.05, 0) is 54.8 Å². The van der Waals surface area contributed by atoms with Crippen molar-refractivity contribution in [2.75, 3.05) is 0 Å². The smallest absolute Gasteiger partial charge is 0.266 e. The van der Waals surface area contributed by atoms with Gasteiger partial charge >= 0.3 is 0 Å². The van der Waals surface area contributed by atoms with Crippen LogP contribution in [0.5, 0.6) is 0 Å². The number of rotatable bonds is 3. The molecule has 2 nitrogen and oxygen atoms in total. The summed E-state index contributed by atoms with van der Waals surface area (Å²) in [5.74, 6) is 0.200. The minimum atomic E-state index is -0.454. The van der Waals surface area contributed by atoms with E-state index in [9.17, 15) is 9.18 Å². The van der Waals surface area contributed by atoms with Gasteiger partial charge in [-0.3, -0.25) is 9.36 Å². The first-order chi connectivity index (χ1) is 10.7. The maximum Gasteiger partial charge on any atom is 0.266 e. The molecule has 3 aromatic rings. The molecule has 1 aliphatic carbocycles. The van der Waals surface area contributed by atoms with Crippen LogP contribution < -0.4 is 5.56 Å². The Morgan fingerprint density at radius 3 is 2.55 bits per heavy atom. The standard InChI is InChI=1S/C19H16FNO/c20-17-8-4-5-14-12-16(11-13-9-10-13)21(19(22)18(14)17)15-6-2-1-3-7-15/h1-8,12-13H,9-11H2. The predicted octanol–water partition coefficient (Wildman–Crippen LogP) is 4.08. The van der Waals surface area contributed by atoms with Gasteiger partial charge in [0.2, 0.25) is 0 Å². The largest absolute Gasteiger partial charge is 0.281 e. The van der Waals surface area contributed by atoms with E-state index in [-0.39, 0.29) is 10.9 Å². The van der Waals surface area contributed by atoms with E-state index in [4.69, 9.17) is 0 Å². The summed E-state index contributed by atoms with van der Waals surface area (Å²) < 4.78 is 15.8. The van der Waals surface area contributed by atoms with E-state index in [1.165, 1.54) is 18.9 Å². The molecule has 0 unspecified atom stereocenters. The number of hydrogen-bond donors (Lipinski definition) is 0. The van der Waals surface area contributed by atoms with E-state index in [0.717, 1.165) is 17.8 Å². The number of benzene rings is 2. The number of aromatic nitrogens is 1. The van der Waals surface area contributed by atoms with Gasteiger partial charge < -0.3 is 0 Å². The monoisotopic (exact) mass is 293 g/mol. The lowest BCUT2D eigenvalue weighted by Gasteiger charge is -2.14. The second kappa shape index (κ2) is 5.09. The van der Waals surface area contributed by atoms with Crippen LogP contribution in [-0.2, 0) is 6.42 Å². The number of nitrogens with zero attached hydrogens (tertiary/aromatic N) is 1. The molecule has 1 saturated carbocycles. The van der Waals surface area contributed by atoms with Crippen molar-refractivity contribution in [3.8, 4) is 5.69 Å². The molecule has 0 aliphatic heterocycles. The third kappa shape index (κ3) is 2.23. The van der Waals surface area contributed by atoms with Crippen molar-refractivity contribution in [3.05, 3.63) is 76.5 Å². The Bertz CT molecular complexity index is 894. The highest BCUT2D eigenvalue weighted by Crippen LogP contribution is 2.33. The molecule has 4 rings (SSSR count). The van der Waals surface area contributed by atoms with E-state index in [1.54, 1.807) is 10.6 Å². The van der Waals surface area contributed by atoms with Gasteiger partial charge in [-0.1, -0.05) is 30.3 Å². The van der Waals surface area contributed by atoms with Crippen molar-refractivity contribution >= 4 is 10.8 Å². The Balaban J connectivity index is 2.04. The number of fused-ring (bicyclic) bond motifs is 1. The number of pyridine rings is 1. The fourth-order valence-electron chi connectivity index (χ4n) is 3.00. The first-order valence-electron chi connectivity index (χ1n) is 7.62. The highest BCUT2D eigenvalue weighted by Gasteiger charge is 2.24. The normalized spacial score (nSPS) is 14.4. The average Bonchev–Trinajstić information content (AvgIpc) is 3.32. The summed E-state index contributed by atoms with van der Waals surface area (Å²) in [7, 11) is 0. The highest BCUT2D eigenvalue weighted by molar-refractivity contribution is 5.83. The van der Waals surface area contributed by atoms with Crippen LogP contribution >= 0.6 is 0 Å². The first kappa shape index (κ1) is 13.3. The summed E-state index contributed by atoms with van der Waals surface area (Å²) in [6, 6.07) is 16.3. The van der Waals surface area contributed by atoms with Gasteiger partial charge in [0.1, 0.15) is 5.82 Å². The molecule has 1 aliphatic rings. The number of halogens is 1. The molecule has 0 saturated heterocycles. The molecule has 0 bridgehead atoms. The molecule has 110 valence electrons. The molecule has 2 aromatic carbocycles. The second-order valence-electron chi connectivity index (χ2n) is 5.96. The van der Waals surface area contributed by atoms with Crippen molar-refractivity contribution in [1.82, 2.24) is 4.57 Å². The molecule has 22 heavy (non-hydrogen) atoms. The van der Waals surface area contributed by atoms with Gasteiger partial charge in [0, 0.05) is 11.4 Å². The van der Waals surface area contributed by atoms with Crippen LogP contribution in [0.1, 0.15) is 18.5 Å². The van der Waals surface area contributed by atoms with Gasteiger partial charge in [0.05, 0.1) is 5.39 Å². The summed E-state index contributed by atoms with van der Waals surface area (Å²) in [5.41, 5.74) is 1.50. The van der Waals surface area contributed by atoms with Gasteiger partial charge in [-0.2, -0.15) is 0 Å². The SMILES string of the molecule is O=c1c2c(F)cccc2cc(CC2CC2)n1-c1ccccc1. The van der Waals surface area contributed by atoms with Gasteiger partial charge in [0.25, 0.3) is 5.56 Å². The Kier molecular flexibility index (Phi) is 3.07. The van der Waals surface area contributed by atoms with E-state index in [1.807, 2.05) is 42.5 Å². The lowest BCUT2D eigenvalue weighted by atomic mass is 10.1. The lowest BCUT2D eigenvalue weighted by Crippen LogP contribution is -2.23. The maximum absolute atomic E-state index is 14.1. The number of hydrogen-bond acceptors (Lipinski definition) is 1. The average molecular weight is 293 g/mol. The fraction of sp³-hybridized carbons (Fsp3) is 0.211. The van der Waals surface area contributed by atoms with E-state index in [2.05, 4.69) is 0 Å². The molecule has 0 radical (unpaired) electrons. The van der Waals surface area contributed by atoms with Crippen LogP contribution in [-0.4, -0.2) is 4.57 Å². The molecule has 3 heteroatoms. The third-order valence-electron chi connectivity index (χ3n) is 4.28. The van der Waals surface area contributed by atoms with E-state index >= 15 is 0 Å². The molecule has 0 amide bonds. The summed E-state index contributed by atoms with van der Waals surface area (Å²) in [4.78, 5) is 12.9. The highest BCUT2D eigenvalue weighted by atomic mass is 19.1. The molecule has 1 aromatic heterocycles. The zero-order chi connectivity index (χ0) is 15.1.